The Bertz CT molecular complexity index is 1240. The van der Waals surface area contributed by atoms with E-state index in [2.05, 4.69) is 32.7 Å². The summed E-state index contributed by atoms with van der Waals surface area (Å²) in [5.41, 5.74) is 10.5. The predicted octanol–water partition coefficient (Wildman–Crippen LogP) is 3.65. The molecule has 8 heteroatoms. The number of hydrogen-bond donors (Lipinski definition) is 3. The maximum atomic E-state index is 13.3. The van der Waals surface area contributed by atoms with Gasteiger partial charge in [-0.05, 0) is 73.2 Å². The molecule has 0 aliphatic carbocycles. The number of anilines is 3. The van der Waals surface area contributed by atoms with Crippen molar-refractivity contribution in [2.75, 3.05) is 55.2 Å². The molecule has 3 aromatic rings. The van der Waals surface area contributed by atoms with Crippen LogP contribution in [-0.4, -0.2) is 61.0 Å². The number of rotatable bonds is 5. The highest BCUT2D eigenvalue weighted by molar-refractivity contribution is 6.05. The van der Waals surface area contributed by atoms with E-state index in [9.17, 15) is 9.59 Å². The largest absolute Gasteiger partial charge is 0.399 e. The zero-order valence-electron chi connectivity index (χ0n) is 21.2. The summed E-state index contributed by atoms with van der Waals surface area (Å²) in [4.78, 5) is 34.8. The number of piperidine rings is 1. The summed E-state index contributed by atoms with van der Waals surface area (Å²) < 4.78 is 0. The molecule has 5 rings (SSSR count). The van der Waals surface area contributed by atoms with Crippen LogP contribution in [0.15, 0.2) is 60.8 Å². The second kappa shape index (κ2) is 11.0. The van der Waals surface area contributed by atoms with Gasteiger partial charge < -0.3 is 26.2 Å². The number of piperazine rings is 1. The quantitative estimate of drug-likeness (QED) is 0.464. The second-order valence-electron chi connectivity index (χ2n) is 9.86. The van der Waals surface area contributed by atoms with Gasteiger partial charge in [-0.15, -0.1) is 0 Å². The summed E-state index contributed by atoms with van der Waals surface area (Å²) >= 11 is 0. The first-order chi connectivity index (χ1) is 18.0. The highest BCUT2D eigenvalue weighted by atomic mass is 16.2. The fraction of sp³-hybridized carbons (Fsp3) is 0.345. The highest BCUT2D eigenvalue weighted by Gasteiger charge is 2.25. The first-order valence-corrected chi connectivity index (χ1v) is 13.0. The molecule has 0 atom stereocenters. The lowest BCUT2D eigenvalue weighted by Crippen LogP contribution is -2.43. The average molecular weight is 499 g/mol. The summed E-state index contributed by atoms with van der Waals surface area (Å²) in [6, 6.07) is 17.2. The van der Waals surface area contributed by atoms with E-state index in [4.69, 9.17) is 5.73 Å². The molecule has 2 amide bonds. The summed E-state index contributed by atoms with van der Waals surface area (Å²) in [7, 11) is 0. The molecule has 3 heterocycles. The topological polar surface area (TPSA) is 104 Å². The number of nitrogen functional groups attached to an aromatic ring is 1. The third-order valence-corrected chi connectivity index (χ3v) is 7.37. The van der Waals surface area contributed by atoms with Crippen LogP contribution in [0, 0.1) is 6.92 Å². The lowest BCUT2D eigenvalue weighted by Gasteiger charge is -2.32. The van der Waals surface area contributed by atoms with Crippen molar-refractivity contribution in [3.63, 3.8) is 0 Å². The Morgan fingerprint density at radius 2 is 1.65 bits per heavy atom. The van der Waals surface area contributed by atoms with E-state index in [1.807, 2.05) is 42.2 Å². The number of aryl methyl sites for hydroxylation is 1. The van der Waals surface area contributed by atoms with Crippen LogP contribution in [0.5, 0.6) is 0 Å². The monoisotopic (exact) mass is 498 g/mol. The Labute approximate surface area is 217 Å². The average Bonchev–Trinajstić information content (AvgIpc) is 2.95. The van der Waals surface area contributed by atoms with Gasteiger partial charge in [0.25, 0.3) is 11.8 Å². The molecule has 4 N–H and O–H groups in total. The third-order valence-electron chi connectivity index (χ3n) is 7.37. The number of hydrogen-bond acceptors (Lipinski definition) is 6. The van der Waals surface area contributed by atoms with Crippen molar-refractivity contribution in [2.45, 2.75) is 25.7 Å². The molecule has 2 saturated heterocycles. The third kappa shape index (κ3) is 5.75. The van der Waals surface area contributed by atoms with Crippen LogP contribution in [0.3, 0.4) is 0 Å². The van der Waals surface area contributed by atoms with Gasteiger partial charge in [0.15, 0.2) is 0 Å². The fourth-order valence-corrected chi connectivity index (χ4v) is 5.05. The minimum atomic E-state index is -0.239. The van der Waals surface area contributed by atoms with Crippen LogP contribution in [0.2, 0.25) is 0 Å². The highest BCUT2D eigenvalue weighted by Crippen LogP contribution is 2.29. The molecule has 1 aromatic heterocycles. The van der Waals surface area contributed by atoms with Gasteiger partial charge in [-0.2, -0.15) is 0 Å². The van der Waals surface area contributed by atoms with Crippen molar-refractivity contribution in [3.05, 3.63) is 83.0 Å². The minimum absolute atomic E-state index is 0.00621. The Kier molecular flexibility index (Phi) is 7.37. The van der Waals surface area contributed by atoms with Crippen LogP contribution in [0.4, 0.5) is 17.2 Å². The number of carbonyl (C=O) groups excluding carboxylic acids is 2. The first-order valence-electron chi connectivity index (χ1n) is 13.0. The minimum Gasteiger partial charge on any atom is -0.399 e. The number of pyridine rings is 1. The molecule has 0 saturated carbocycles. The summed E-state index contributed by atoms with van der Waals surface area (Å²) in [6.07, 6.45) is 3.45. The van der Waals surface area contributed by atoms with Crippen molar-refractivity contribution < 1.29 is 9.59 Å². The van der Waals surface area contributed by atoms with Crippen LogP contribution in [0.1, 0.15) is 50.6 Å². The van der Waals surface area contributed by atoms with Gasteiger partial charge in [0.2, 0.25) is 0 Å². The molecule has 2 aliphatic rings. The molecule has 0 radical (unpaired) electrons. The van der Waals surface area contributed by atoms with Gasteiger partial charge in [0.05, 0.1) is 5.56 Å². The van der Waals surface area contributed by atoms with Crippen LogP contribution in [0.25, 0.3) is 0 Å². The van der Waals surface area contributed by atoms with Crippen molar-refractivity contribution >= 4 is 29.0 Å². The normalized spacial score (nSPS) is 16.5. The molecule has 0 bridgehead atoms. The number of nitrogens with zero attached hydrogens (tertiary/aromatic N) is 3. The lowest BCUT2D eigenvalue weighted by atomic mass is 9.89. The Balaban J connectivity index is 1.21. The van der Waals surface area contributed by atoms with Crippen LogP contribution >= 0.6 is 0 Å². The Morgan fingerprint density at radius 3 is 2.32 bits per heavy atom. The van der Waals surface area contributed by atoms with Gasteiger partial charge in [-0.1, -0.05) is 18.2 Å². The SMILES string of the molecule is Cc1ccc(C(=O)N2CCC(c3ccc(N)cc3)CC2)cc1NC(=O)c1ccc(N2CCNCC2)nc1. The maximum absolute atomic E-state index is 13.3. The number of benzene rings is 2. The number of nitrogens with two attached hydrogens (primary N) is 1. The molecule has 2 aromatic carbocycles. The first kappa shape index (κ1) is 24.8. The Hall–Kier alpha value is -3.91. The summed E-state index contributed by atoms with van der Waals surface area (Å²) in [5.74, 6) is 1.07. The molecule has 2 aliphatic heterocycles. The molecule has 2 fully saturated rings. The Morgan fingerprint density at radius 1 is 0.946 bits per heavy atom. The van der Waals surface area contributed by atoms with E-state index < -0.39 is 0 Å². The number of aromatic nitrogens is 1. The van der Waals surface area contributed by atoms with Gasteiger partial charge >= 0.3 is 0 Å². The molecular weight excluding hydrogens is 464 g/mol. The maximum Gasteiger partial charge on any atom is 0.257 e. The number of likely N-dealkylation sites (tertiary alicyclic amines) is 1. The van der Waals surface area contributed by atoms with E-state index in [1.165, 1.54) is 5.56 Å². The molecule has 0 unspecified atom stereocenters. The van der Waals surface area contributed by atoms with Crippen LogP contribution < -0.4 is 21.3 Å². The van der Waals surface area contributed by atoms with E-state index in [-0.39, 0.29) is 11.8 Å². The molecule has 0 spiro atoms. The number of carbonyl (C=O) groups is 2. The van der Waals surface area contributed by atoms with Gasteiger partial charge in [0, 0.05) is 62.4 Å². The molecule has 8 nitrogen and oxygen atoms in total. The number of nitrogens with one attached hydrogen (secondary N) is 2. The smallest absolute Gasteiger partial charge is 0.257 e. The second-order valence-corrected chi connectivity index (χ2v) is 9.86. The van der Waals surface area contributed by atoms with E-state index in [0.717, 1.165) is 56.1 Å². The lowest BCUT2D eigenvalue weighted by molar-refractivity contribution is 0.0712. The van der Waals surface area contributed by atoms with E-state index in [1.54, 1.807) is 18.3 Å². The van der Waals surface area contributed by atoms with Gasteiger partial charge in [0.1, 0.15) is 5.82 Å². The van der Waals surface area contributed by atoms with Crippen LogP contribution in [-0.2, 0) is 0 Å². The zero-order chi connectivity index (χ0) is 25.8. The fourth-order valence-electron chi connectivity index (χ4n) is 5.05. The standard InChI is InChI=1S/C29H34N6O2/c1-20-2-3-23(29(37)35-14-10-22(11-15-35)21-4-7-25(30)8-5-21)18-26(20)33-28(36)24-6-9-27(32-19-24)34-16-12-31-13-17-34/h2-9,18-19,22,31H,10-17,30H2,1H3,(H,33,36). The molecule has 192 valence electrons. The van der Waals surface area contributed by atoms with E-state index >= 15 is 0 Å². The zero-order valence-corrected chi connectivity index (χ0v) is 21.2. The van der Waals surface area contributed by atoms with Crippen molar-refractivity contribution in [2.24, 2.45) is 0 Å². The van der Waals surface area contributed by atoms with Gasteiger partial charge in [-0.3, -0.25) is 9.59 Å². The predicted molar refractivity (Wildman–Crippen MR) is 147 cm³/mol. The van der Waals surface area contributed by atoms with Crippen molar-refractivity contribution in [1.29, 1.82) is 0 Å². The molecular formula is C29H34N6O2. The number of amides is 2. The van der Waals surface area contributed by atoms with Gasteiger partial charge in [-0.25, -0.2) is 4.98 Å². The summed E-state index contributed by atoms with van der Waals surface area (Å²) in [5, 5.41) is 6.30. The van der Waals surface area contributed by atoms with Crippen molar-refractivity contribution in [1.82, 2.24) is 15.2 Å². The molecule has 37 heavy (non-hydrogen) atoms. The van der Waals surface area contributed by atoms with Crippen molar-refractivity contribution in [3.8, 4) is 0 Å². The van der Waals surface area contributed by atoms with E-state index in [0.29, 0.717) is 35.8 Å². The summed E-state index contributed by atoms with van der Waals surface area (Å²) in [6.45, 7) is 6.99.